The third kappa shape index (κ3) is 4.51. The lowest BCUT2D eigenvalue weighted by Crippen LogP contribution is -2.22. The minimum absolute atomic E-state index is 0.452. The summed E-state index contributed by atoms with van der Waals surface area (Å²) in [6, 6.07) is 0. The number of aliphatic hydroxyl groups excluding tert-OH is 1. The molecule has 0 bridgehead atoms. The SMILES string of the molecule is O=C(O)CC(Cl)(Cl)CO. The van der Waals surface area contributed by atoms with Crippen molar-refractivity contribution < 1.29 is 15.0 Å². The van der Waals surface area contributed by atoms with Gasteiger partial charge >= 0.3 is 5.97 Å². The molecule has 9 heavy (non-hydrogen) atoms. The first-order valence-corrected chi connectivity index (χ1v) is 2.94. The maximum absolute atomic E-state index is 9.89. The fourth-order valence-electron chi connectivity index (χ4n) is 0.277. The fourth-order valence-corrected chi connectivity index (χ4v) is 0.506. The van der Waals surface area contributed by atoms with Crippen LogP contribution >= 0.6 is 23.2 Å². The highest BCUT2D eigenvalue weighted by molar-refractivity contribution is 6.49. The quantitative estimate of drug-likeness (QED) is 0.615. The highest BCUT2D eigenvalue weighted by Crippen LogP contribution is 2.23. The molecule has 2 N–H and O–H groups in total. The second-order valence-electron chi connectivity index (χ2n) is 1.58. The Hall–Kier alpha value is 0.01000. The van der Waals surface area contributed by atoms with E-state index in [1.54, 1.807) is 0 Å². The molecule has 0 heterocycles. The van der Waals surface area contributed by atoms with Gasteiger partial charge in [0.05, 0.1) is 13.0 Å². The third-order valence-corrected chi connectivity index (χ3v) is 1.15. The van der Waals surface area contributed by atoms with E-state index in [-0.39, 0.29) is 0 Å². The molecule has 0 unspecified atom stereocenters. The van der Waals surface area contributed by atoms with E-state index in [2.05, 4.69) is 0 Å². The maximum atomic E-state index is 9.89. The van der Waals surface area contributed by atoms with Crippen LogP contribution in [0.4, 0.5) is 0 Å². The summed E-state index contributed by atoms with van der Waals surface area (Å²) in [7, 11) is 0. The van der Waals surface area contributed by atoms with Crippen LogP contribution in [0.3, 0.4) is 0 Å². The van der Waals surface area contributed by atoms with E-state index in [1.807, 2.05) is 0 Å². The Morgan fingerprint density at radius 3 is 2.11 bits per heavy atom. The van der Waals surface area contributed by atoms with Crippen molar-refractivity contribution in [3.63, 3.8) is 0 Å². The summed E-state index contributed by atoms with van der Waals surface area (Å²) in [5.41, 5.74) is 0. The predicted molar refractivity (Wildman–Crippen MR) is 33.8 cm³/mol. The molecule has 0 radical (unpaired) electrons. The topological polar surface area (TPSA) is 57.5 Å². The highest BCUT2D eigenvalue weighted by atomic mass is 35.5. The van der Waals surface area contributed by atoms with Gasteiger partial charge in [-0.15, -0.1) is 0 Å². The molecule has 5 heteroatoms. The number of halogens is 2. The van der Waals surface area contributed by atoms with Crippen LogP contribution < -0.4 is 0 Å². The first kappa shape index (κ1) is 9.01. The van der Waals surface area contributed by atoms with Crippen molar-refractivity contribution in [1.82, 2.24) is 0 Å². The van der Waals surface area contributed by atoms with E-state index in [0.717, 1.165) is 0 Å². The Morgan fingerprint density at radius 2 is 2.00 bits per heavy atom. The molecule has 0 aliphatic heterocycles. The Bertz CT molecular complexity index is 112. The summed E-state index contributed by atoms with van der Waals surface area (Å²) in [5.74, 6) is -1.13. The number of carboxylic acids is 1. The van der Waals surface area contributed by atoms with Crippen molar-refractivity contribution in [2.45, 2.75) is 10.8 Å². The van der Waals surface area contributed by atoms with Crippen LogP contribution in [-0.4, -0.2) is 27.1 Å². The Kier molecular flexibility index (Phi) is 3.25. The van der Waals surface area contributed by atoms with E-state index < -0.39 is 23.3 Å². The summed E-state index contributed by atoms with van der Waals surface area (Å²) in [6.45, 7) is -0.553. The number of hydrogen-bond donors (Lipinski definition) is 2. The number of alkyl halides is 2. The van der Waals surface area contributed by atoms with E-state index in [0.29, 0.717) is 0 Å². The van der Waals surface area contributed by atoms with Gasteiger partial charge in [-0.1, -0.05) is 23.2 Å². The Morgan fingerprint density at radius 1 is 1.56 bits per heavy atom. The second-order valence-corrected chi connectivity index (χ2v) is 3.23. The third-order valence-electron chi connectivity index (χ3n) is 0.641. The van der Waals surface area contributed by atoms with Crippen LogP contribution in [-0.2, 0) is 4.79 Å². The Labute approximate surface area is 62.2 Å². The molecule has 0 fully saturated rings. The molecule has 0 atom stereocenters. The van der Waals surface area contributed by atoms with Crippen LogP contribution in [0.2, 0.25) is 0 Å². The predicted octanol–water partition coefficient (Wildman–Crippen LogP) is 0.627. The molecule has 0 rings (SSSR count). The molecule has 0 amide bonds. The number of rotatable bonds is 3. The lowest BCUT2D eigenvalue weighted by Gasteiger charge is -2.11. The number of aliphatic carboxylic acids is 1. The van der Waals surface area contributed by atoms with Gasteiger partial charge in [0.2, 0.25) is 0 Å². The largest absolute Gasteiger partial charge is 0.481 e. The zero-order valence-corrected chi connectivity index (χ0v) is 5.98. The van der Waals surface area contributed by atoms with E-state index >= 15 is 0 Å². The highest BCUT2D eigenvalue weighted by Gasteiger charge is 2.25. The number of carboxylic acid groups (broad SMARTS) is 1. The van der Waals surface area contributed by atoms with Gasteiger partial charge in [-0.05, 0) is 0 Å². The number of hydrogen-bond acceptors (Lipinski definition) is 2. The summed E-state index contributed by atoms with van der Waals surface area (Å²) < 4.78 is -1.54. The molecule has 0 aromatic heterocycles. The Balaban J connectivity index is 3.71. The summed E-state index contributed by atoms with van der Waals surface area (Å²) in [6.07, 6.45) is -0.452. The van der Waals surface area contributed by atoms with Crippen LogP contribution in [0, 0.1) is 0 Å². The van der Waals surface area contributed by atoms with E-state index in [4.69, 9.17) is 33.4 Å². The minimum atomic E-state index is -1.54. The van der Waals surface area contributed by atoms with Crippen molar-refractivity contribution in [3.05, 3.63) is 0 Å². The fraction of sp³-hybridized carbons (Fsp3) is 0.750. The average Bonchev–Trinajstić information content (AvgIpc) is 1.63. The normalized spacial score (nSPS) is 11.4. The van der Waals surface area contributed by atoms with Crippen molar-refractivity contribution in [1.29, 1.82) is 0 Å². The lowest BCUT2D eigenvalue weighted by molar-refractivity contribution is -0.137. The zero-order chi connectivity index (χ0) is 7.49. The van der Waals surface area contributed by atoms with Crippen molar-refractivity contribution in [2.24, 2.45) is 0 Å². The molecular formula is C4H6Cl2O3. The summed E-state index contributed by atoms with van der Waals surface area (Å²) in [5, 5.41) is 16.4. The molecule has 0 aliphatic carbocycles. The lowest BCUT2D eigenvalue weighted by atomic mass is 10.3. The van der Waals surface area contributed by atoms with Gasteiger partial charge in [0.25, 0.3) is 0 Å². The number of aliphatic hydroxyl groups is 1. The number of carbonyl (C=O) groups is 1. The first-order chi connectivity index (χ1) is 3.98. The molecule has 0 saturated carbocycles. The summed E-state index contributed by atoms with van der Waals surface area (Å²) in [4.78, 5) is 9.89. The van der Waals surface area contributed by atoms with Crippen molar-refractivity contribution in [3.8, 4) is 0 Å². The van der Waals surface area contributed by atoms with E-state index in [9.17, 15) is 4.79 Å². The van der Waals surface area contributed by atoms with Gasteiger partial charge < -0.3 is 10.2 Å². The molecule has 0 aromatic carbocycles. The molecule has 0 aromatic rings. The monoisotopic (exact) mass is 172 g/mol. The molecule has 0 spiro atoms. The molecule has 3 nitrogen and oxygen atoms in total. The van der Waals surface area contributed by atoms with E-state index in [1.165, 1.54) is 0 Å². The minimum Gasteiger partial charge on any atom is -0.481 e. The van der Waals surface area contributed by atoms with Crippen LogP contribution in [0.25, 0.3) is 0 Å². The van der Waals surface area contributed by atoms with Crippen molar-refractivity contribution in [2.75, 3.05) is 6.61 Å². The molecule has 54 valence electrons. The van der Waals surface area contributed by atoms with Crippen molar-refractivity contribution >= 4 is 29.2 Å². The van der Waals surface area contributed by atoms with Gasteiger partial charge in [0.15, 0.2) is 4.33 Å². The maximum Gasteiger partial charge on any atom is 0.306 e. The van der Waals surface area contributed by atoms with Gasteiger partial charge in [-0.2, -0.15) is 0 Å². The van der Waals surface area contributed by atoms with Crippen LogP contribution in [0.1, 0.15) is 6.42 Å². The smallest absolute Gasteiger partial charge is 0.306 e. The van der Waals surface area contributed by atoms with Gasteiger partial charge in [-0.3, -0.25) is 4.79 Å². The molecule has 0 aliphatic rings. The van der Waals surface area contributed by atoms with Gasteiger partial charge in [-0.25, -0.2) is 0 Å². The van der Waals surface area contributed by atoms with Crippen LogP contribution in [0.15, 0.2) is 0 Å². The zero-order valence-electron chi connectivity index (χ0n) is 4.47. The standard InChI is InChI=1S/C4H6Cl2O3/c5-4(6,2-7)1-3(8)9/h7H,1-2H2,(H,8,9). The van der Waals surface area contributed by atoms with Crippen LogP contribution in [0.5, 0.6) is 0 Å². The molecular weight excluding hydrogens is 167 g/mol. The molecule has 0 saturated heterocycles. The van der Waals surface area contributed by atoms with Gasteiger partial charge in [0, 0.05) is 0 Å². The first-order valence-electron chi connectivity index (χ1n) is 2.18. The van der Waals surface area contributed by atoms with Gasteiger partial charge in [0.1, 0.15) is 0 Å². The average molecular weight is 173 g/mol. The summed E-state index contributed by atoms with van der Waals surface area (Å²) >= 11 is 10.5. The second kappa shape index (κ2) is 3.25.